The molecule has 2 aliphatic rings. The van der Waals surface area contributed by atoms with Gasteiger partial charge in [-0.05, 0) is 25.3 Å². The van der Waals surface area contributed by atoms with Gasteiger partial charge >= 0.3 is 6.09 Å². The van der Waals surface area contributed by atoms with Crippen LogP contribution in [0.2, 0.25) is 0 Å². The third kappa shape index (κ3) is 1.07. The van der Waals surface area contributed by atoms with Gasteiger partial charge in [0.1, 0.15) is 0 Å². The van der Waals surface area contributed by atoms with Gasteiger partial charge in [0.2, 0.25) is 0 Å². The molecule has 11 heavy (non-hydrogen) atoms. The minimum atomic E-state index is -0.880. The van der Waals surface area contributed by atoms with Crippen molar-refractivity contribution in [3.05, 3.63) is 0 Å². The Kier molecular flexibility index (Phi) is 1.32. The van der Waals surface area contributed by atoms with Crippen molar-refractivity contribution in [2.24, 2.45) is 5.92 Å². The molecule has 1 aliphatic heterocycles. The van der Waals surface area contributed by atoms with Crippen molar-refractivity contribution in [1.82, 2.24) is 10.6 Å². The summed E-state index contributed by atoms with van der Waals surface area (Å²) in [7, 11) is 0. The fraction of sp³-hybridized carbons (Fsp3) is 0.857. The molecular formula is C7H12N2O2. The van der Waals surface area contributed by atoms with Crippen LogP contribution in [-0.2, 0) is 0 Å². The van der Waals surface area contributed by atoms with Crippen LogP contribution < -0.4 is 10.6 Å². The molecule has 1 heterocycles. The Hall–Kier alpha value is -0.770. The van der Waals surface area contributed by atoms with Gasteiger partial charge < -0.3 is 15.7 Å². The first-order valence-corrected chi connectivity index (χ1v) is 3.95. The zero-order valence-electron chi connectivity index (χ0n) is 6.26. The van der Waals surface area contributed by atoms with Crippen LogP contribution in [0.4, 0.5) is 4.79 Å². The van der Waals surface area contributed by atoms with Gasteiger partial charge in [-0.15, -0.1) is 0 Å². The summed E-state index contributed by atoms with van der Waals surface area (Å²) in [4.78, 5) is 10.4. The summed E-state index contributed by atoms with van der Waals surface area (Å²) >= 11 is 0. The highest BCUT2D eigenvalue weighted by Gasteiger charge is 2.56. The number of hydrogen-bond acceptors (Lipinski definition) is 2. The average Bonchev–Trinajstić information content (AvgIpc) is 2.59. The number of piperidine rings is 1. The Labute approximate surface area is 65.0 Å². The Balaban J connectivity index is 1.96. The molecule has 0 spiro atoms. The second kappa shape index (κ2) is 2.11. The van der Waals surface area contributed by atoms with Crippen LogP contribution in [0.1, 0.15) is 12.8 Å². The number of hydrogen-bond donors (Lipinski definition) is 3. The van der Waals surface area contributed by atoms with Crippen molar-refractivity contribution in [1.29, 1.82) is 0 Å². The van der Waals surface area contributed by atoms with Gasteiger partial charge in [0.05, 0.1) is 0 Å². The van der Waals surface area contributed by atoms with E-state index in [0.29, 0.717) is 5.92 Å². The molecule has 0 aromatic carbocycles. The summed E-state index contributed by atoms with van der Waals surface area (Å²) in [5.74, 6) is 0.548. The minimum Gasteiger partial charge on any atom is -0.465 e. The molecule has 0 bridgehead atoms. The molecule has 62 valence electrons. The Morgan fingerprint density at radius 3 is 3.18 bits per heavy atom. The first-order chi connectivity index (χ1) is 5.23. The highest BCUT2D eigenvalue weighted by atomic mass is 16.4. The monoisotopic (exact) mass is 156 g/mol. The van der Waals surface area contributed by atoms with Crippen molar-refractivity contribution in [2.75, 3.05) is 13.1 Å². The summed E-state index contributed by atoms with van der Waals surface area (Å²) in [6.45, 7) is 1.91. The summed E-state index contributed by atoms with van der Waals surface area (Å²) in [5.41, 5.74) is -0.0446. The molecule has 0 aromatic rings. The summed E-state index contributed by atoms with van der Waals surface area (Å²) in [5, 5.41) is 14.4. The van der Waals surface area contributed by atoms with Gasteiger partial charge in [0.25, 0.3) is 0 Å². The van der Waals surface area contributed by atoms with Crippen molar-refractivity contribution in [3.8, 4) is 0 Å². The largest absolute Gasteiger partial charge is 0.465 e. The molecule has 4 nitrogen and oxygen atoms in total. The van der Waals surface area contributed by atoms with Crippen molar-refractivity contribution < 1.29 is 9.90 Å². The molecular weight excluding hydrogens is 144 g/mol. The van der Waals surface area contributed by atoms with Gasteiger partial charge in [-0.1, -0.05) is 0 Å². The number of amides is 1. The first-order valence-electron chi connectivity index (χ1n) is 3.95. The lowest BCUT2D eigenvalue weighted by Crippen LogP contribution is -2.44. The predicted octanol–water partition coefficient (Wildman–Crippen LogP) is 0.00600. The van der Waals surface area contributed by atoms with Gasteiger partial charge in [-0.2, -0.15) is 0 Å². The van der Waals surface area contributed by atoms with Crippen molar-refractivity contribution in [3.63, 3.8) is 0 Å². The Morgan fingerprint density at radius 2 is 2.55 bits per heavy atom. The fourth-order valence-corrected chi connectivity index (χ4v) is 1.97. The zero-order chi connectivity index (χ0) is 7.90. The van der Waals surface area contributed by atoms with Gasteiger partial charge in [0.15, 0.2) is 0 Å². The summed E-state index contributed by atoms with van der Waals surface area (Å²) in [6, 6.07) is 0. The number of carboxylic acid groups (broad SMARTS) is 1. The average molecular weight is 156 g/mol. The zero-order valence-corrected chi connectivity index (χ0v) is 6.26. The lowest BCUT2D eigenvalue weighted by Gasteiger charge is -2.22. The third-order valence-corrected chi connectivity index (χ3v) is 2.73. The standard InChI is InChI=1S/C7H12N2O2/c10-6(11)9-7-1-2-8-4-5(7)3-7/h5,8-9H,1-4H2,(H,10,11). The van der Waals surface area contributed by atoms with Crippen LogP contribution in [-0.4, -0.2) is 29.8 Å². The van der Waals surface area contributed by atoms with Crippen molar-refractivity contribution >= 4 is 6.09 Å². The van der Waals surface area contributed by atoms with E-state index in [9.17, 15) is 4.79 Å². The number of rotatable bonds is 1. The van der Waals surface area contributed by atoms with E-state index in [4.69, 9.17) is 5.11 Å². The maximum atomic E-state index is 10.4. The van der Waals surface area contributed by atoms with E-state index in [-0.39, 0.29) is 5.54 Å². The van der Waals surface area contributed by atoms with Gasteiger partial charge in [-0.3, -0.25) is 0 Å². The second-order valence-corrected chi connectivity index (χ2v) is 3.44. The van der Waals surface area contributed by atoms with E-state index in [1.165, 1.54) is 0 Å². The van der Waals surface area contributed by atoms with E-state index in [0.717, 1.165) is 25.9 Å². The lowest BCUT2D eigenvalue weighted by atomic mass is 10.1. The SMILES string of the molecule is O=C(O)NC12CCNCC1C2. The summed E-state index contributed by atoms with van der Waals surface area (Å²) < 4.78 is 0. The molecule has 0 aromatic heterocycles. The van der Waals surface area contributed by atoms with E-state index in [1.54, 1.807) is 0 Å². The fourth-order valence-electron chi connectivity index (χ4n) is 1.97. The van der Waals surface area contributed by atoms with Gasteiger partial charge in [-0.25, -0.2) is 4.79 Å². The molecule has 1 saturated carbocycles. The second-order valence-electron chi connectivity index (χ2n) is 3.44. The smallest absolute Gasteiger partial charge is 0.405 e. The maximum Gasteiger partial charge on any atom is 0.405 e. The normalized spacial score (nSPS) is 40.9. The van der Waals surface area contributed by atoms with E-state index < -0.39 is 6.09 Å². The van der Waals surface area contributed by atoms with Crippen LogP contribution in [0, 0.1) is 5.92 Å². The predicted molar refractivity (Wildman–Crippen MR) is 39.5 cm³/mol. The highest BCUT2D eigenvalue weighted by Crippen LogP contribution is 2.47. The molecule has 3 N–H and O–H groups in total. The molecule has 1 amide bonds. The lowest BCUT2D eigenvalue weighted by molar-refractivity contribution is 0.184. The molecule has 2 fully saturated rings. The first kappa shape index (κ1) is 6.91. The van der Waals surface area contributed by atoms with Crippen molar-refractivity contribution in [2.45, 2.75) is 18.4 Å². The van der Waals surface area contributed by atoms with E-state index in [1.807, 2.05) is 0 Å². The molecule has 4 heteroatoms. The van der Waals surface area contributed by atoms with E-state index >= 15 is 0 Å². The van der Waals surface area contributed by atoms with Crippen LogP contribution in [0.5, 0.6) is 0 Å². The van der Waals surface area contributed by atoms with Crippen LogP contribution >= 0.6 is 0 Å². The van der Waals surface area contributed by atoms with Crippen LogP contribution in [0.25, 0.3) is 0 Å². The molecule has 1 aliphatic carbocycles. The molecule has 2 rings (SSSR count). The maximum absolute atomic E-state index is 10.4. The van der Waals surface area contributed by atoms with E-state index in [2.05, 4.69) is 10.6 Å². The highest BCUT2D eigenvalue weighted by molar-refractivity contribution is 5.66. The van der Waals surface area contributed by atoms with Gasteiger partial charge in [0, 0.05) is 12.1 Å². The molecule has 2 unspecified atom stereocenters. The van der Waals surface area contributed by atoms with Crippen LogP contribution in [0.15, 0.2) is 0 Å². The Morgan fingerprint density at radius 1 is 1.73 bits per heavy atom. The quantitative estimate of drug-likeness (QED) is 0.501. The number of fused-ring (bicyclic) bond motifs is 1. The molecule has 1 saturated heterocycles. The Bertz CT molecular complexity index is 195. The topological polar surface area (TPSA) is 61.4 Å². The molecule has 2 atom stereocenters. The third-order valence-electron chi connectivity index (χ3n) is 2.73. The van der Waals surface area contributed by atoms with Crippen LogP contribution in [0.3, 0.4) is 0 Å². The summed E-state index contributed by atoms with van der Waals surface area (Å²) in [6.07, 6.45) is 1.09. The molecule has 0 radical (unpaired) electrons. The number of carbonyl (C=O) groups is 1. The number of nitrogens with one attached hydrogen (secondary N) is 2. The minimum absolute atomic E-state index is 0.0446.